The van der Waals surface area contributed by atoms with Gasteiger partial charge in [0.25, 0.3) is 0 Å². The van der Waals surface area contributed by atoms with Crippen molar-refractivity contribution >= 4 is 5.96 Å². The third kappa shape index (κ3) is 5.82. The molecule has 1 aromatic carbocycles. The Labute approximate surface area is 139 Å². The van der Waals surface area contributed by atoms with E-state index < -0.39 is 0 Å². The summed E-state index contributed by atoms with van der Waals surface area (Å²) in [5, 5.41) is 6.57. The highest BCUT2D eigenvalue weighted by molar-refractivity contribution is 5.79. The van der Waals surface area contributed by atoms with Crippen LogP contribution >= 0.6 is 0 Å². The van der Waals surface area contributed by atoms with Gasteiger partial charge in [0.1, 0.15) is 5.82 Å². The SMILES string of the molecule is CCNC(=NCC(C1CC1)N(C)C)NCCc1ccccc1F. The van der Waals surface area contributed by atoms with Gasteiger partial charge in [-0.3, -0.25) is 4.99 Å². The zero-order valence-electron chi connectivity index (χ0n) is 14.5. The molecular weight excluding hydrogens is 291 g/mol. The van der Waals surface area contributed by atoms with Gasteiger partial charge < -0.3 is 15.5 Å². The molecule has 1 unspecified atom stereocenters. The molecule has 0 aromatic heterocycles. The van der Waals surface area contributed by atoms with E-state index in [0.29, 0.717) is 19.0 Å². The maximum Gasteiger partial charge on any atom is 0.191 e. The molecule has 1 aliphatic rings. The van der Waals surface area contributed by atoms with Gasteiger partial charge >= 0.3 is 0 Å². The Morgan fingerprint density at radius 1 is 1.30 bits per heavy atom. The van der Waals surface area contributed by atoms with Gasteiger partial charge in [0, 0.05) is 19.1 Å². The smallest absolute Gasteiger partial charge is 0.191 e. The lowest BCUT2D eigenvalue weighted by atomic mass is 10.1. The highest BCUT2D eigenvalue weighted by Gasteiger charge is 2.32. The first-order valence-electron chi connectivity index (χ1n) is 8.53. The van der Waals surface area contributed by atoms with Crippen molar-refractivity contribution < 1.29 is 4.39 Å². The van der Waals surface area contributed by atoms with Crippen molar-refractivity contribution in [2.45, 2.75) is 32.2 Å². The summed E-state index contributed by atoms with van der Waals surface area (Å²) in [7, 11) is 4.24. The van der Waals surface area contributed by atoms with Crippen LogP contribution in [-0.4, -0.2) is 50.6 Å². The first kappa shape index (κ1) is 17.7. The first-order chi connectivity index (χ1) is 11.1. The molecule has 128 valence electrons. The fourth-order valence-corrected chi connectivity index (χ4v) is 2.76. The lowest BCUT2D eigenvalue weighted by molar-refractivity contribution is 0.271. The Balaban J connectivity index is 1.85. The summed E-state index contributed by atoms with van der Waals surface area (Å²) in [6, 6.07) is 7.44. The summed E-state index contributed by atoms with van der Waals surface area (Å²) in [6.45, 7) is 4.34. The Bertz CT molecular complexity index is 509. The lowest BCUT2D eigenvalue weighted by Crippen LogP contribution is -2.40. The highest BCUT2D eigenvalue weighted by Crippen LogP contribution is 2.34. The number of halogens is 1. The summed E-state index contributed by atoms with van der Waals surface area (Å²) in [5.41, 5.74) is 0.736. The second-order valence-electron chi connectivity index (χ2n) is 6.36. The molecule has 1 aromatic rings. The number of benzene rings is 1. The summed E-state index contributed by atoms with van der Waals surface area (Å²) in [4.78, 5) is 6.98. The van der Waals surface area contributed by atoms with E-state index in [0.717, 1.165) is 30.5 Å². The summed E-state index contributed by atoms with van der Waals surface area (Å²) < 4.78 is 13.6. The largest absolute Gasteiger partial charge is 0.357 e. The van der Waals surface area contributed by atoms with E-state index in [9.17, 15) is 4.39 Å². The molecule has 2 rings (SSSR count). The predicted octanol–water partition coefficient (Wildman–Crippen LogP) is 2.26. The number of rotatable bonds is 8. The van der Waals surface area contributed by atoms with Crippen molar-refractivity contribution in [2.75, 3.05) is 33.7 Å². The molecule has 1 fully saturated rings. The minimum atomic E-state index is -0.141. The monoisotopic (exact) mass is 320 g/mol. The molecule has 4 nitrogen and oxygen atoms in total. The van der Waals surface area contributed by atoms with Crippen LogP contribution < -0.4 is 10.6 Å². The average Bonchev–Trinajstić information content (AvgIpc) is 3.34. The molecule has 5 heteroatoms. The third-order valence-corrected chi connectivity index (χ3v) is 4.25. The molecule has 0 saturated heterocycles. The van der Waals surface area contributed by atoms with Crippen molar-refractivity contribution in [1.29, 1.82) is 0 Å². The van der Waals surface area contributed by atoms with Crippen molar-refractivity contribution in [2.24, 2.45) is 10.9 Å². The molecule has 0 heterocycles. The van der Waals surface area contributed by atoms with E-state index in [2.05, 4.69) is 36.6 Å². The van der Waals surface area contributed by atoms with Gasteiger partial charge in [-0.1, -0.05) is 18.2 Å². The second kappa shape index (κ2) is 8.87. The van der Waals surface area contributed by atoms with Crippen LogP contribution in [0.5, 0.6) is 0 Å². The van der Waals surface area contributed by atoms with E-state index >= 15 is 0 Å². The minimum absolute atomic E-state index is 0.141. The van der Waals surface area contributed by atoms with Gasteiger partial charge in [-0.2, -0.15) is 0 Å². The topological polar surface area (TPSA) is 39.7 Å². The van der Waals surface area contributed by atoms with Crippen LogP contribution in [0, 0.1) is 11.7 Å². The van der Waals surface area contributed by atoms with Gasteiger partial charge in [0.15, 0.2) is 5.96 Å². The van der Waals surface area contributed by atoms with Gasteiger partial charge in [-0.15, -0.1) is 0 Å². The second-order valence-corrected chi connectivity index (χ2v) is 6.36. The zero-order chi connectivity index (χ0) is 16.7. The Hall–Kier alpha value is -1.62. The molecule has 0 amide bonds. The van der Waals surface area contributed by atoms with Crippen LogP contribution in [0.2, 0.25) is 0 Å². The van der Waals surface area contributed by atoms with E-state index in [1.165, 1.54) is 18.9 Å². The molecular formula is C18H29FN4. The summed E-state index contributed by atoms with van der Waals surface area (Å²) in [5.74, 6) is 1.46. The maximum atomic E-state index is 13.6. The van der Waals surface area contributed by atoms with Crippen molar-refractivity contribution in [3.63, 3.8) is 0 Å². The fourth-order valence-electron chi connectivity index (χ4n) is 2.76. The van der Waals surface area contributed by atoms with E-state index in [1.807, 2.05) is 12.1 Å². The molecule has 2 N–H and O–H groups in total. The van der Waals surface area contributed by atoms with Crippen LogP contribution in [0.25, 0.3) is 0 Å². The molecule has 1 saturated carbocycles. The van der Waals surface area contributed by atoms with E-state index in [1.54, 1.807) is 6.07 Å². The van der Waals surface area contributed by atoms with Crippen LogP contribution in [0.15, 0.2) is 29.3 Å². The average molecular weight is 320 g/mol. The number of aliphatic imine (C=N–C) groups is 1. The minimum Gasteiger partial charge on any atom is -0.357 e. The highest BCUT2D eigenvalue weighted by atomic mass is 19.1. The van der Waals surface area contributed by atoms with Crippen LogP contribution in [0.4, 0.5) is 4.39 Å². The van der Waals surface area contributed by atoms with Crippen LogP contribution in [-0.2, 0) is 6.42 Å². The van der Waals surface area contributed by atoms with Crippen molar-refractivity contribution in [1.82, 2.24) is 15.5 Å². The Kier molecular flexibility index (Phi) is 6.84. The van der Waals surface area contributed by atoms with Crippen LogP contribution in [0.1, 0.15) is 25.3 Å². The number of hydrogen-bond donors (Lipinski definition) is 2. The quantitative estimate of drug-likeness (QED) is 0.570. The normalized spacial score (nSPS) is 16.5. The van der Waals surface area contributed by atoms with Gasteiger partial charge in [0.05, 0.1) is 6.54 Å². The third-order valence-electron chi connectivity index (χ3n) is 4.25. The Morgan fingerprint density at radius 2 is 2.04 bits per heavy atom. The molecule has 0 spiro atoms. The molecule has 0 radical (unpaired) electrons. The van der Waals surface area contributed by atoms with E-state index in [-0.39, 0.29) is 5.82 Å². The zero-order valence-corrected chi connectivity index (χ0v) is 14.5. The predicted molar refractivity (Wildman–Crippen MR) is 94.3 cm³/mol. The maximum absolute atomic E-state index is 13.6. The fraction of sp³-hybridized carbons (Fsp3) is 0.611. The number of nitrogens with zero attached hydrogens (tertiary/aromatic N) is 2. The number of guanidine groups is 1. The molecule has 0 bridgehead atoms. The number of hydrogen-bond acceptors (Lipinski definition) is 2. The lowest BCUT2D eigenvalue weighted by Gasteiger charge is -2.23. The molecule has 0 aliphatic heterocycles. The van der Waals surface area contributed by atoms with Crippen molar-refractivity contribution in [3.8, 4) is 0 Å². The van der Waals surface area contributed by atoms with Crippen molar-refractivity contribution in [3.05, 3.63) is 35.6 Å². The molecule has 1 atom stereocenters. The van der Waals surface area contributed by atoms with Gasteiger partial charge in [0.2, 0.25) is 0 Å². The van der Waals surface area contributed by atoms with E-state index in [4.69, 9.17) is 4.99 Å². The summed E-state index contributed by atoms with van der Waals surface area (Å²) in [6.07, 6.45) is 3.28. The van der Waals surface area contributed by atoms with Crippen LogP contribution in [0.3, 0.4) is 0 Å². The number of nitrogens with one attached hydrogen (secondary N) is 2. The number of likely N-dealkylation sites (N-methyl/N-ethyl adjacent to an activating group) is 1. The van der Waals surface area contributed by atoms with Gasteiger partial charge in [-0.05, 0) is 57.8 Å². The standard InChI is InChI=1S/C18H29FN4/c1-4-20-18(22-13-17(23(2)3)15-9-10-15)21-12-11-14-7-5-6-8-16(14)19/h5-8,15,17H,4,9-13H2,1-3H3,(H2,20,21,22). The molecule has 1 aliphatic carbocycles. The Morgan fingerprint density at radius 3 is 2.65 bits per heavy atom. The first-order valence-corrected chi connectivity index (χ1v) is 8.53. The summed E-state index contributed by atoms with van der Waals surface area (Å²) >= 11 is 0. The molecule has 23 heavy (non-hydrogen) atoms. The van der Waals surface area contributed by atoms with Gasteiger partial charge in [-0.25, -0.2) is 4.39 Å².